The van der Waals surface area contributed by atoms with Crippen LogP contribution in [0.2, 0.25) is 0 Å². The maximum Gasteiger partial charge on any atom is 0.159 e. The first kappa shape index (κ1) is 9.73. The number of nitrogens with two attached hydrogens (primary N) is 1. The molecule has 2 heterocycles. The average molecular weight is 226 g/mol. The van der Waals surface area contributed by atoms with Gasteiger partial charge in [-0.3, -0.25) is 0 Å². The van der Waals surface area contributed by atoms with Gasteiger partial charge in [-0.2, -0.15) is 5.10 Å². The van der Waals surface area contributed by atoms with Crippen LogP contribution in [-0.2, 0) is 0 Å². The minimum Gasteiger partial charge on any atom is -0.308 e. The topological polar surface area (TPSA) is 81.6 Å². The van der Waals surface area contributed by atoms with Gasteiger partial charge in [-0.1, -0.05) is 18.2 Å². The van der Waals surface area contributed by atoms with Crippen LogP contribution in [0.15, 0.2) is 42.9 Å². The Hall–Kier alpha value is -2.47. The lowest BCUT2D eigenvalue weighted by atomic mass is 10.2. The Balaban J connectivity index is 2.20. The number of anilines is 1. The van der Waals surface area contributed by atoms with E-state index >= 15 is 0 Å². The minimum absolute atomic E-state index is 0.551. The van der Waals surface area contributed by atoms with Crippen LogP contribution in [0.25, 0.3) is 16.7 Å². The van der Waals surface area contributed by atoms with Crippen LogP contribution in [0.1, 0.15) is 0 Å². The Kier molecular flexibility index (Phi) is 2.20. The van der Waals surface area contributed by atoms with Crippen molar-refractivity contribution in [3.8, 4) is 5.82 Å². The second-order valence-electron chi connectivity index (χ2n) is 3.52. The van der Waals surface area contributed by atoms with Crippen molar-refractivity contribution in [3.05, 3.63) is 42.9 Å². The largest absolute Gasteiger partial charge is 0.308 e. The van der Waals surface area contributed by atoms with E-state index in [1.165, 1.54) is 6.33 Å². The summed E-state index contributed by atoms with van der Waals surface area (Å²) in [6.07, 6.45) is 3.24. The predicted molar refractivity (Wildman–Crippen MR) is 64.5 cm³/mol. The molecule has 0 radical (unpaired) electrons. The quantitative estimate of drug-likeness (QED) is 0.505. The minimum atomic E-state index is 0.551. The highest BCUT2D eigenvalue weighted by atomic mass is 15.3. The Labute approximate surface area is 97.1 Å². The highest BCUT2D eigenvalue weighted by molar-refractivity contribution is 5.79. The zero-order valence-electron chi connectivity index (χ0n) is 8.91. The normalized spacial score (nSPS) is 10.6. The van der Waals surface area contributed by atoms with Crippen LogP contribution in [0.3, 0.4) is 0 Å². The summed E-state index contributed by atoms with van der Waals surface area (Å²) in [5.74, 6) is 6.54. The monoisotopic (exact) mass is 226 g/mol. The molecule has 84 valence electrons. The summed E-state index contributed by atoms with van der Waals surface area (Å²) in [7, 11) is 0. The van der Waals surface area contributed by atoms with Gasteiger partial charge in [0.05, 0.1) is 11.7 Å². The van der Waals surface area contributed by atoms with Crippen LogP contribution in [0, 0.1) is 0 Å². The summed E-state index contributed by atoms with van der Waals surface area (Å²) in [6.45, 7) is 0. The summed E-state index contributed by atoms with van der Waals surface area (Å²) in [4.78, 5) is 8.13. The molecule has 0 unspecified atom stereocenters. The number of aromatic nitrogens is 4. The maximum absolute atomic E-state index is 5.31. The van der Waals surface area contributed by atoms with Gasteiger partial charge in [-0.25, -0.2) is 20.5 Å². The van der Waals surface area contributed by atoms with E-state index in [1.807, 2.05) is 24.3 Å². The zero-order chi connectivity index (χ0) is 11.7. The third kappa shape index (κ3) is 1.60. The molecule has 3 N–H and O–H groups in total. The highest BCUT2D eigenvalue weighted by Crippen LogP contribution is 2.17. The van der Waals surface area contributed by atoms with Crippen LogP contribution in [-0.4, -0.2) is 19.7 Å². The molecule has 0 bridgehead atoms. The second kappa shape index (κ2) is 3.84. The lowest BCUT2D eigenvalue weighted by Crippen LogP contribution is -2.10. The summed E-state index contributed by atoms with van der Waals surface area (Å²) >= 11 is 0. The lowest BCUT2D eigenvalue weighted by molar-refractivity contribution is 0.866. The zero-order valence-corrected chi connectivity index (χ0v) is 8.91. The molecule has 1 aromatic carbocycles. The van der Waals surface area contributed by atoms with Gasteiger partial charge in [0.1, 0.15) is 12.1 Å². The van der Waals surface area contributed by atoms with Gasteiger partial charge in [0.2, 0.25) is 0 Å². The number of rotatable bonds is 2. The number of para-hydroxylation sites is 1. The van der Waals surface area contributed by atoms with Crippen molar-refractivity contribution in [2.45, 2.75) is 0 Å². The van der Waals surface area contributed by atoms with E-state index in [-0.39, 0.29) is 0 Å². The van der Waals surface area contributed by atoms with Crippen molar-refractivity contribution < 1.29 is 0 Å². The summed E-state index contributed by atoms with van der Waals surface area (Å²) in [5.41, 5.74) is 3.48. The number of nitrogen functional groups attached to an aromatic ring is 1. The molecule has 0 spiro atoms. The number of hydrazine groups is 1. The highest BCUT2D eigenvalue weighted by Gasteiger charge is 2.05. The first-order valence-electron chi connectivity index (χ1n) is 5.10. The van der Waals surface area contributed by atoms with Crippen molar-refractivity contribution >= 4 is 16.7 Å². The van der Waals surface area contributed by atoms with E-state index in [2.05, 4.69) is 20.5 Å². The molecule has 0 saturated carbocycles. The predicted octanol–water partition coefficient (Wildman–Crippen LogP) is 1.10. The first-order chi connectivity index (χ1) is 8.38. The number of benzene rings is 1. The Morgan fingerprint density at radius 2 is 2.06 bits per heavy atom. The lowest BCUT2D eigenvalue weighted by Gasteiger charge is -2.03. The Bertz CT molecular complexity index is 660. The van der Waals surface area contributed by atoms with Crippen LogP contribution in [0.5, 0.6) is 0 Å². The molecular weight excluding hydrogens is 216 g/mol. The third-order valence-electron chi connectivity index (χ3n) is 2.49. The second-order valence-corrected chi connectivity index (χ2v) is 3.52. The molecule has 0 saturated heterocycles. The third-order valence-corrected chi connectivity index (χ3v) is 2.49. The Morgan fingerprint density at radius 3 is 2.94 bits per heavy atom. The van der Waals surface area contributed by atoms with Crippen molar-refractivity contribution in [1.29, 1.82) is 0 Å². The Morgan fingerprint density at radius 1 is 1.18 bits per heavy atom. The number of nitrogens with zero attached hydrogens (tertiary/aromatic N) is 4. The molecule has 17 heavy (non-hydrogen) atoms. The number of fused-ring (bicyclic) bond motifs is 1. The molecule has 3 aromatic rings. The van der Waals surface area contributed by atoms with Gasteiger partial charge >= 0.3 is 0 Å². The van der Waals surface area contributed by atoms with Crippen molar-refractivity contribution in [1.82, 2.24) is 19.7 Å². The molecule has 0 amide bonds. The number of nitrogens with one attached hydrogen (secondary N) is 1. The fourth-order valence-corrected chi connectivity index (χ4v) is 1.70. The summed E-state index contributed by atoms with van der Waals surface area (Å²) in [6, 6.07) is 9.66. The molecule has 6 heteroatoms. The molecule has 0 aliphatic heterocycles. The molecule has 3 rings (SSSR count). The first-order valence-corrected chi connectivity index (χ1v) is 5.10. The standard InChI is InChI=1S/C11H10N6/c12-16-10-5-11(14-7-13-10)17-9-4-2-1-3-8(9)6-15-17/h1-7H,12H2,(H,13,14,16). The van der Waals surface area contributed by atoms with Gasteiger partial charge in [0.15, 0.2) is 5.82 Å². The molecule has 0 aliphatic rings. The smallest absolute Gasteiger partial charge is 0.159 e. The number of hydrogen-bond acceptors (Lipinski definition) is 5. The molecule has 2 aromatic heterocycles. The summed E-state index contributed by atoms with van der Waals surface area (Å²) in [5, 5.41) is 5.36. The van der Waals surface area contributed by atoms with Gasteiger partial charge in [-0.05, 0) is 6.07 Å². The molecule has 0 aliphatic carbocycles. The van der Waals surface area contributed by atoms with Gasteiger partial charge in [0.25, 0.3) is 0 Å². The summed E-state index contributed by atoms with van der Waals surface area (Å²) < 4.78 is 1.75. The van der Waals surface area contributed by atoms with E-state index < -0.39 is 0 Å². The fraction of sp³-hybridized carbons (Fsp3) is 0. The van der Waals surface area contributed by atoms with E-state index in [1.54, 1.807) is 16.9 Å². The van der Waals surface area contributed by atoms with Gasteiger partial charge in [0, 0.05) is 11.5 Å². The number of hydrogen-bond donors (Lipinski definition) is 2. The van der Waals surface area contributed by atoms with Crippen molar-refractivity contribution in [2.75, 3.05) is 5.43 Å². The molecule has 0 fully saturated rings. The van der Waals surface area contributed by atoms with Crippen LogP contribution >= 0.6 is 0 Å². The van der Waals surface area contributed by atoms with Gasteiger partial charge < -0.3 is 5.43 Å². The average Bonchev–Trinajstić information content (AvgIpc) is 2.82. The van der Waals surface area contributed by atoms with Crippen LogP contribution < -0.4 is 11.3 Å². The van der Waals surface area contributed by atoms with E-state index in [4.69, 9.17) is 5.84 Å². The van der Waals surface area contributed by atoms with Crippen LogP contribution in [0.4, 0.5) is 5.82 Å². The fourth-order valence-electron chi connectivity index (χ4n) is 1.70. The maximum atomic E-state index is 5.31. The molecule has 6 nitrogen and oxygen atoms in total. The molecular formula is C11H10N6. The van der Waals surface area contributed by atoms with Crippen molar-refractivity contribution in [2.24, 2.45) is 5.84 Å². The molecule has 0 atom stereocenters. The van der Waals surface area contributed by atoms with E-state index in [0.29, 0.717) is 11.6 Å². The van der Waals surface area contributed by atoms with E-state index in [9.17, 15) is 0 Å². The van der Waals surface area contributed by atoms with Crippen molar-refractivity contribution in [3.63, 3.8) is 0 Å². The van der Waals surface area contributed by atoms with E-state index in [0.717, 1.165) is 10.9 Å². The SMILES string of the molecule is NNc1cc(-n2ncc3ccccc32)ncn1. The van der Waals surface area contributed by atoms with Gasteiger partial charge in [-0.15, -0.1) is 0 Å².